The number of aliphatic hydroxyl groups is 1. The number of aliphatic hydroxyl groups excluding tert-OH is 1. The molecular formula is C35H56FNO3. The van der Waals surface area contributed by atoms with Gasteiger partial charge in [-0.3, -0.25) is 4.79 Å². The number of rotatable bonds is 15. The van der Waals surface area contributed by atoms with Crippen LogP contribution in [0, 0.1) is 23.2 Å². The lowest BCUT2D eigenvalue weighted by Gasteiger charge is -2.54. The smallest absolute Gasteiger partial charge is 0.222 e. The van der Waals surface area contributed by atoms with Gasteiger partial charge < -0.3 is 15.1 Å². The van der Waals surface area contributed by atoms with Crippen molar-refractivity contribution in [1.82, 2.24) is 4.90 Å². The number of phenols is 1. The molecule has 3 aliphatic carbocycles. The minimum absolute atomic E-state index is 0.117. The van der Waals surface area contributed by atoms with Gasteiger partial charge >= 0.3 is 0 Å². The Morgan fingerprint density at radius 2 is 1.68 bits per heavy atom. The Morgan fingerprint density at radius 1 is 1.00 bits per heavy atom. The van der Waals surface area contributed by atoms with Gasteiger partial charge in [0.25, 0.3) is 0 Å². The number of aromatic hydroxyl groups is 1. The lowest BCUT2D eigenvalue weighted by molar-refractivity contribution is -0.131. The highest BCUT2D eigenvalue weighted by molar-refractivity contribution is 5.75. The average Bonchev–Trinajstić information content (AvgIpc) is 3.23. The molecule has 0 spiro atoms. The van der Waals surface area contributed by atoms with E-state index in [1.165, 1.54) is 32.1 Å². The maximum absolute atomic E-state index is 15.9. The van der Waals surface area contributed by atoms with Crippen molar-refractivity contribution in [3.05, 3.63) is 29.3 Å². The van der Waals surface area contributed by atoms with Crippen molar-refractivity contribution in [2.45, 2.75) is 142 Å². The molecule has 40 heavy (non-hydrogen) atoms. The van der Waals surface area contributed by atoms with E-state index < -0.39 is 12.3 Å². The van der Waals surface area contributed by atoms with E-state index in [1.54, 1.807) is 6.07 Å². The fourth-order valence-electron chi connectivity index (χ4n) is 8.76. The van der Waals surface area contributed by atoms with E-state index >= 15 is 4.39 Å². The molecule has 4 nitrogen and oxygen atoms in total. The van der Waals surface area contributed by atoms with Crippen molar-refractivity contribution >= 4 is 5.91 Å². The van der Waals surface area contributed by atoms with E-state index in [2.05, 4.69) is 18.7 Å². The van der Waals surface area contributed by atoms with Crippen molar-refractivity contribution in [3.8, 4) is 5.75 Å². The molecule has 0 aromatic heterocycles. The van der Waals surface area contributed by atoms with Crippen molar-refractivity contribution < 1.29 is 19.4 Å². The summed E-state index contributed by atoms with van der Waals surface area (Å²) in [6.07, 6.45) is 15.3. The monoisotopic (exact) mass is 557 g/mol. The first-order chi connectivity index (χ1) is 19.3. The standard InChI is InChI=1S/C35H56FNO3/c1-4-6-7-8-10-13-20-37(32(40)5-2)21-14-11-9-12-15-25-22-26-23-27(38)16-17-28(26)34-30(36)24-35(3)29(33(25)34)18-19-31(35)39/h16-17,23,25,29-31,33-34,38-39H,4-15,18-22,24H2,1-3H3/t25-,29?,30+,31+,33?,34?,35+/m1/s1. The third-order valence-corrected chi connectivity index (χ3v) is 11.0. The van der Waals surface area contributed by atoms with Crippen LogP contribution in [0.5, 0.6) is 5.75 Å². The van der Waals surface area contributed by atoms with Gasteiger partial charge in [0.15, 0.2) is 0 Å². The first-order valence-corrected chi connectivity index (χ1v) is 16.7. The number of phenolic OH excluding ortho intramolecular Hbond substituents is 1. The molecule has 2 N–H and O–H groups in total. The number of halogens is 1. The number of fused-ring (bicyclic) bond motifs is 5. The van der Waals surface area contributed by atoms with Crippen LogP contribution in [0.2, 0.25) is 0 Å². The van der Waals surface area contributed by atoms with Gasteiger partial charge in [-0.1, -0.05) is 78.2 Å². The summed E-state index contributed by atoms with van der Waals surface area (Å²) in [5.41, 5.74) is 1.90. The molecule has 3 unspecified atom stereocenters. The van der Waals surface area contributed by atoms with E-state index in [-0.39, 0.29) is 28.9 Å². The third kappa shape index (κ3) is 7.05. The molecule has 0 heterocycles. The van der Waals surface area contributed by atoms with Gasteiger partial charge in [0.2, 0.25) is 5.91 Å². The zero-order valence-electron chi connectivity index (χ0n) is 25.6. The number of unbranched alkanes of at least 4 members (excludes halogenated alkanes) is 8. The average molecular weight is 558 g/mol. The summed E-state index contributed by atoms with van der Waals surface area (Å²) < 4.78 is 15.9. The number of benzene rings is 1. The number of nitrogens with zero attached hydrogens (tertiary/aromatic N) is 1. The quantitative estimate of drug-likeness (QED) is 0.213. The van der Waals surface area contributed by atoms with Crippen molar-refractivity contribution in [2.24, 2.45) is 23.2 Å². The SMILES string of the molecule is CCCCCCCCN(CCCCCC[C@@H]1Cc2cc(O)ccc2C2C1C1CC[C@H](O)[C@@]1(C)C[C@@H]2F)C(=O)CC. The molecule has 0 radical (unpaired) electrons. The van der Waals surface area contributed by atoms with Gasteiger partial charge in [0.1, 0.15) is 11.9 Å². The summed E-state index contributed by atoms with van der Waals surface area (Å²) in [6, 6.07) is 5.55. The molecule has 1 aromatic carbocycles. The highest BCUT2D eigenvalue weighted by Crippen LogP contribution is 2.63. The fraction of sp³-hybridized carbons (Fsp3) is 0.800. The van der Waals surface area contributed by atoms with Gasteiger partial charge in [-0.2, -0.15) is 0 Å². The minimum Gasteiger partial charge on any atom is -0.508 e. The van der Waals surface area contributed by atoms with Crippen LogP contribution >= 0.6 is 0 Å². The number of hydrogen-bond donors (Lipinski definition) is 2. The van der Waals surface area contributed by atoms with E-state index in [0.717, 1.165) is 82.0 Å². The number of carbonyl (C=O) groups is 1. The van der Waals surface area contributed by atoms with Gasteiger partial charge in [-0.15, -0.1) is 0 Å². The van der Waals surface area contributed by atoms with Crippen molar-refractivity contribution in [2.75, 3.05) is 13.1 Å². The Labute approximate surface area is 243 Å². The van der Waals surface area contributed by atoms with Crippen LogP contribution in [-0.4, -0.2) is 46.4 Å². The molecule has 0 bridgehead atoms. The van der Waals surface area contributed by atoms with Gasteiger partial charge in [0.05, 0.1) is 6.10 Å². The van der Waals surface area contributed by atoms with Crippen LogP contribution in [-0.2, 0) is 11.2 Å². The molecule has 5 heteroatoms. The lowest BCUT2D eigenvalue weighted by atomic mass is 9.51. The van der Waals surface area contributed by atoms with Gasteiger partial charge in [-0.05, 0) is 91.4 Å². The predicted molar refractivity (Wildman–Crippen MR) is 161 cm³/mol. The van der Waals surface area contributed by atoms with Crippen LogP contribution in [0.15, 0.2) is 18.2 Å². The summed E-state index contributed by atoms with van der Waals surface area (Å²) in [5, 5.41) is 21.0. The topological polar surface area (TPSA) is 60.8 Å². The first kappa shape index (κ1) is 31.3. The summed E-state index contributed by atoms with van der Waals surface area (Å²) in [5.74, 6) is 1.45. The van der Waals surface area contributed by atoms with Gasteiger partial charge in [-0.25, -0.2) is 4.39 Å². The molecule has 226 valence electrons. The molecule has 7 atom stereocenters. The van der Waals surface area contributed by atoms with Crippen LogP contribution in [0.25, 0.3) is 0 Å². The zero-order valence-corrected chi connectivity index (χ0v) is 25.6. The number of hydrogen-bond acceptors (Lipinski definition) is 3. The summed E-state index contributed by atoms with van der Waals surface area (Å²) >= 11 is 0. The van der Waals surface area contributed by atoms with Crippen LogP contribution < -0.4 is 0 Å². The number of amides is 1. The molecule has 0 aliphatic heterocycles. The summed E-state index contributed by atoms with van der Waals surface area (Å²) in [6.45, 7) is 8.10. The van der Waals surface area contributed by atoms with E-state index in [1.807, 2.05) is 19.1 Å². The second kappa shape index (κ2) is 14.5. The predicted octanol–water partition coefficient (Wildman–Crippen LogP) is 8.33. The van der Waals surface area contributed by atoms with Crippen LogP contribution in [0.1, 0.15) is 134 Å². The second-order valence-electron chi connectivity index (χ2n) is 13.6. The first-order valence-electron chi connectivity index (χ1n) is 16.7. The van der Waals surface area contributed by atoms with Gasteiger partial charge in [0, 0.05) is 25.4 Å². The largest absolute Gasteiger partial charge is 0.508 e. The van der Waals surface area contributed by atoms with E-state index in [9.17, 15) is 15.0 Å². The van der Waals surface area contributed by atoms with Crippen molar-refractivity contribution in [1.29, 1.82) is 0 Å². The zero-order chi connectivity index (χ0) is 28.7. The molecule has 1 amide bonds. The summed E-state index contributed by atoms with van der Waals surface area (Å²) in [4.78, 5) is 14.6. The Morgan fingerprint density at radius 3 is 2.38 bits per heavy atom. The van der Waals surface area contributed by atoms with E-state index in [4.69, 9.17) is 0 Å². The molecule has 0 saturated heterocycles. The molecular weight excluding hydrogens is 501 g/mol. The lowest BCUT2D eigenvalue weighted by Crippen LogP contribution is -2.51. The molecule has 1 aromatic rings. The minimum atomic E-state index is -0.946. The maximum atomic E-state index is 15.9. The Bertz CT molecular complexity index is 953. The molecule has 2 saturated carbocycles. The molecule has 4 rings (SSSR count). The van der Waals surface area contributed by atoms with Crippen LogP contribution in [0.3, 0.4) is 0 Å². The number of alkyl halides is 1. The van der Waals surface area contributed by atoms with Crippen LogP contribution in [0.4, 0.5) is 4.39 Å². The Hall–Kier alpha value is -1.62. The van der Waals surface area contributed by atoms with E-state index in [0.29, 0.717) is 24.7 Å². The maximum Gasteiger partial charge on any atom is 0.222 e. The second-order valence-corrected chi connectivity index (χ2v) is 13.6. The summed E-state index contributed by atoms with van der Waals surface area (Å²) in [7, 11) is 0. The third-order valence-electron chi connectivity index (χ3n) is 11.0. The normalized spacial score (nSPS) is 30.9. The molecule has 3 aliphatic rings. The fourth-order valence-corrected chi connectivity index (χ4v) is 8.76. The number of carbonyl (C=O) groups excluding carboxylic acids is 1. The highest BCUT2D eigenvalue weighted by Gasteiger charge is 2.59. The highest BCUT2D eigenvalue weighted by atomic mass is 19.1. The Balaban J connectivity index is 1.30. The molecule has 2 fully saturated rings. The Kier molecular flexibility index (Phi) is 11.4. The van der Waals surface area contributed by atoms with Crippen molar-refractivity contribution in [3.63, 3.8) is 0 Å².